The van der Waals surface area contributed by atoms with E-state index < -0.39 is 0 Å². The summed E-state index contributed by atoms with van der Waals surface area (Å²) in [6.07, 6.45) is 11.6. The molecule has 0 atom stereocenters. The van der Waals surface area contributed by atoms with Crippen molar-refractivity contribution in [2.45, 2.75) is 71.1 Å². The molecule has 1 rings (SSSR count). The van der Waals surface area contributed by atoms with Gasteiger partial charge >= 0.3 is 5.97 Å². The molecule has 28 heavy (non-hydrogen) atoms. The molecule has 0 aliphatic heterocycles. The fraction of sp³-hybridized carbons (Fsp3) is 0.696. The first-order valence-electron chi connectivity index (χ1n) is 11.0. The summed E-state index contributed by atoms with van der Waals surface area (Å²) in [5.41, 5.74) is 0.570. The van der Waals surface area contributed by atoms with Crippen LogP contribution in [0.2, 0.25) is 0 Å². The number of carbonyl (C=O) groups is 1. The van der Waals surface area contributed by atoms with Crippen molar-refractivity contribution in [3.63, 3.8) is 0 Å². The third-order valence-corrected chi connectivity index (χ3v) is 4.63. The Kier molecular flexibility index (Phi) is 15.3. The van der Waals surface area contributed by atoms with Crippen LogP contribution >= 0.6 is 0 Å². The van der Waals surface area contributed by atoms with Crippen LogP contribution < -0.4 is 10.1 Å². The maximum atomic E-state index is 12.1. The molecule has 2 N–H and O–H groups in total. The average molecular weight is 394 g/mol. The Bertz CT molecular complexity index is 490. The molecule has 5 nitrogen and oxygen atoms in total. The van der Waals surface area contributed by atoms with Gasteiger partial charge in [0.2, 0.25) is 0 Å². The van der Waals surface area contributed by atoms with E-state index in [1.54, 1.807) is 12.1 Å². The Morgan fingerprint density at radius 2 is 1.50 bits per heavy atom. The summed E-state index contributed by atoms with van der Waals surface area (Å²) >= 11 is 0. The molecule has 0 bridgehead atoms. The molecule has 0 fully saturated rings. The lowest BCUT2D eigenvalue weighted by Gasteiger charge is -2.08. The van der Waals surface area contributed by atoms with Crippen LogP contribution in [0, 0.1) is 0 Å². The molecular formula is C23H39NO4. The van der Waals surface area contributed by atoms with Crippen molar-refractivity contribution in [1.29, 1.82) is 0 Å². The minimum Gasteiger partial charge on any atom is -0.494 e. The molecule has 0 spiro atoms. The third-order valence-electron chi connectivity index (χ3n) is 4.63. The summed E-state index contributed by atoms with van der Waals surface area (Å²) in [6, 6.07) is 7.22. The number of ether oxygens (including phenoxy) is 2. The minimum absolute atomic E-state index is 0.183. The smallest absolute Gasteiger partial charge is 0.338 e. The topological polar surface area (TPSA) is 67.8 Å². The molecule has 1 aromatic rings. The highest BCUT2D eigenvalue weighted by Crippen LogP contribution is 2.14. The molecule has 0 radical (unpaired) electrons. The summed E-state index contributed by atoms with van der Waals surface area (Å²) in [6.45, 7) is 5.17. The van der Waals surface area contributed by atoms with E-state index in [0.29, 0.717) is 18.7 Å². The second-order valence-electron chi connectivity index (χ2n) is 7.16. The zero-order valence-electron chi connectivity index (χ0n) is 17.6. The largest absolute Gasteiger partial charge is 0.494 e. The van der Waals surface area contributed by atoms with Crippen LogP contribution in [0.25, 0.3) is 0 Å². The standard InChI is InChI=1S/C23H39NO4/c1-2-3-4-5-7-10-19-27-22-14-12-21(13-15-22)23(26)28-20-11-8-6-9-16-24-17-18-25/h12-15,24-25H,2-11,16-20H2,1H3. The molecule has 0 heterocycles. The molecular weight excluding hydrogens is 354 g/mol. The Labute approximate surface area is 170 Å². The number of aliphatic hydroxyl groups is 1. The van der Waals surface area contributed by atoms with Crippen LogP contribution in [0.15, 0.2) is 24.3 Å². The van der Waals surface area contributed by atoms with E-state index in [4.69, 9.17) is 14.6 Å². The van der Waals surface area contributed by atoms with Crippen molar-refractivity contribution in [3.8, 4) is 5.75 Å². The number of hydrogen-bond acceptors (Lipinski definition) is 5. The number of aliphatic hydroxyl groups excluding tert-OH is 1. The first-order valence-corrected chi connectivity index (χ1v) is 11.0. The summed E-state index contributed by atoms with van der Waals surface area (Å²) in [5.74, 6) is 0.534. The Hall–Kier alpha value is -1.59. The number of benzene rings is 1. The molecule has 0 aliphatic carbocycles. The van der Waals surface area contributed by atoms with Crippen molar-refractivity contribution in [1.82, 2.24) is 5.32 Å². The fourth-order valence-corrected chi connectivity index (χ4v) is 2.92. The monoisotopic (exact) mass is 393 g/mol. The van der Waals surface area contributed by atoms with E-state index in [1.807, 2.05) is 12.1 Å². The van der Waals surface area contributed by atoms with Crippen molar-refractivity contribution < 1.29 is 19.4 Å². The quantitative estimate of drug-likeness (QED) is 0.279. The number of carbonyl (C=O) groups excluding carboxylic acids is 1. The third kappa shape index (κ3) is 12.7. The maximum Gasteiger partial charge on any atom is 0.338 e. The predicted molar refractivity (Wildman–Crippen MR) is 114 cm³/mol. The van der Waals surface area contributed by atoms with E-state index in [-0.39, 0.29) is 12.6 Å². The average Bonchev–Trinajstić information content (AvgIpc) is 2.72. The second kappa shape index (κ2) is 17.5. The van der Waals surface area contributed by atoms with Gasteiger partial charge in [0, 0.05) is 6.54 Å². The molecule has 0 unspecified atom stereocenters. The van der Waals surface area contributed by atoms with Crippen molar-refractivity contribution in [2.24, 2.45) is 0 Å². The van der Waals surface area contributed by atoms with Gasteiger partial charge in [-0.05, 0) is 50.1 Å². The molecule has 5 heteroatoms. The van der Waals surface area contributed by atoms with Crippen molar-refractivity contribution in [2.75, 3.05) is 32.9 Å². The van der Waals surface area contributed by atoms with Crippen LogP contribution in [0.1, 0.15) is 81.5 Å². The van der Waals surface area contributed by atoms with Crippen LogP contribution in [0.4, 0.5) is 0 Å². The van der Waals surface area contributed by atoms with Gasteiger partial charge in [0.1, 0.15) is 5.75 Å². The minimum atomic E-state index is -0.271. The zero-order chi connectivity index (χ0) is 20.3. The van der Waals surface area contributed by atoms with Gasteiger partial charge in [0.05, 0.1) is 25.4 Å². The predicted octanol–water partition coefficient (Wildman–Crippen LogP) is 4.73. The number of esters is 1. The van der Waals surface area contributed by atoms with Gasteiger partial charge in [-0.15, -0.1) is 0 Å². The lowest BCUT2D eigenvalue weighted by Crippen LogP contribution is -2.19. The number of nitrogens with one attached hydrogen (secondary N) is 1. The van der Waals surface area contributed by atoms with E-state index in [9.17, 15) is 4.79 Å². The van der Waals surface area contributed by atoms with Crippen molar-refractivity contribution >= 4 is 5.97 Å². The molecule has 1 aromatic carbocycles. The fourth-order valence-electron chi connectivity index (χ4n) is 2.92. The zero-order valence-corrected chi connectivity index (χ0v) is 17.6. The van der Waals surface area contributed by atoms with Crippen LogP contribution in [0.3, 0.4) is 0 Å². The number of unbranched alkanes of at least 4 members (excludes halogenated alkanes) is 8. The van der Waals surface area contributed by atoms with Gasteiger partial charge in [-0.3, -0.25) is 0 Å². The lowest BCUT2D eigenvalue weighted by atomic mass is 10.1. The van der Waals surface area contributed by atoms with Crippen LogP contribution in [0.5, 0.6) is 5.75 Å². The maximum absolute atomic E-state index is 12.1. The van der Waals surface area contributed by atoms with E-state index in [2.05, 4.69) is 12.2 Å². The molecule has 160 valence electrons. The summed E-state index contributed by atoms with van der Waals surface area (Å²) in [7, 11) is 0. The summed E-state index contributed by atoms with van der Waals surface area (Å²) < 4.78 is 11.1. The van der Waals surface area contributed by atoms with Gasteiger partial charge in [-0.1, -0.05) is 51.9 Å². The molecule has 0 amide bonds. The molecule has 0 aromatic heterocycles. The van der Waals surface area contributed by atoms with Crippen molar-refractivity contribution in [3.05, 3.63) is 29.8 Å². The molecule has 0 saturated heterocycles. The normalized spacial score (nSPS) is 10.8. The molecule has 0 aliphatic rings. The van der Waals surface area contributed by atoms with E-state index in [1.165, 1.54) is 32.1 Å². The number of hydrogen-bond donors (Lipinski definition) is 2. The lowest BCUT2D eigenvalue weighted by molar-refractivity contribution is 0.0497. The van der Waals surface area contributed by atoms with E-state index >= 15 is 0 Å². The second-order valence-corrected chi connectivity index (χ2v) is 7.16. The van der Waals surface area contributed by atoms with E-state index in [0.717, 1.165) is 51.0 Å². The number of rotatable bonds is 18. The highest BCUT2D eigenvalue weighted by atomic mass is 16.5. The van der Waals surface area contributed by atoms with Crippen LogP contribution in [-0.4, -0.2) is 44.0 Å². The Morgan fingerprint density at radius 3 is 2.21 bits per heavy atom. The van der Waals surface area contributed by atoms with Gasteiger partial charge in [0.15, 0.2) is 0 Å². The Morgan fingerprint density at radius 1 is 0.857 bits per heavy atom. The van der Waals surface area contributed by atoms with Crippen LogP contribution in [-0.2, 0) is 4.74 Å². The summed E-state index contributed by atoms with van der Waals surface area (Å²) in [5, 5.41) is 11.8. The van der Waals surface area contributed by atoms with Gasteiger partial charge in [-0.25, -0.2) is 4.79 Å². The molecule has 0 saturated carbocycles. The highest BCUT2D eigenvalue weighted by molar-refractivity contribution is 5.89. The van der Waals surface area contributed by atoms with Gasteiger partial charge in [0.25, 0.3) is 0 Å². The van der Waals surface area contributed by atoms with Gasteiger partial charge < -0.3 is 19.9 Å². The highest BCUT2D eigenvalue weighted by Gasteiger charge is 2.07. The Balaban J connectivity index is 2.06. The first-order chi connectivity index (χ1) is 13.8. The summed E-state index contributed by atoms with van der Waals surface area (Å²) in [4.78, 5) is 12.1. The SMILES string of the molecule is CCCCCCCCOc1ccc(C(=O)OCCCCCCNCCO)cc1. The van der Waals surface area contributed by atoms with Gasteiger partial charge in [-0.2, -0.15) is 0 Å². The first kappa shape index (κ1) is 24.4.